The Bertz CT molecular complexity index is 354. The molecule has 0 atom stereocenters. The lowest BCUT2D eigenvalue weighted by Crippen LogP contribution is -2.47. The number of nitrogens with one attached hydrogen (secondary N) is 2. The Balaban J connectivity index is 0. The van der Waals surface area contributed by atoms with E-state index in [1.807, 2.05) is 0 Å². The highest BCUT2D eigenvalue weighted by Crippen LogP contribution is 1.92. The van der Waals surface area contributed by atoms with Crippen molar-refractivity contribution in [1.29, 1.82) is 0 Å². The lowest BCUT2D eigenvalue weighted by Gasteiger charge is -2.18. The normalized spacial score (nSPS) is 11.8. The number of amides is 1. The van der Waals surface area contributed by atoms with Gasteiger partial charge in [0.15, 0.2) is 0 Å². The van der Waals surface area contributed by atoms with Gasteiger partial charge in [-0.05, 0) is 20.8 Å². The number of carbonyl (C=O) groups excluding carboxylic acids is 1. The van der Waals surface area contributed by atoms with E-state index >= 15 is 0 Å². The van der Waals surface area contributed by atoms with Gasteiger partial charge in [-0.3, -0.25) is 4.79 Å². The molecule has 116 valence electrons. The van der Waals surface area contributed by atoms with E-state index in [1.165, 1.54) is 0 Å². The summed E-state index contributed by atoms with van der Waals surface area (Å²) in [6.07, 6.45) is 0. The maximum atomic E-state index is 11.4. The van der Waals surface area contributed by atoms with Crippen LogP contribution in [0.2, 0.25) is 0 Å². The van der Waals surface area contributed by atoms with E-state index in [0.29, 0.717) is 6.61 Å². The van der Waals surface area contributed by atoms with E-state index in [4.69, 9.17) is 10.5 Å². The van der Waals surface area contributed by atoms with Gasteiger partial charge in [-0.15, -0.1) is 12.4 Å². The summed E-state index contributed by atoms with van der Waals surface area (Å²) < 4.78 is 30.0. The smallest absolute Gasteiger partial charge is 0.235 e. The predicted molar refractivity (Wildman–Crippen MR) is 76.8 cm³/mol. The van der Waals surface area contributed by atoms with Crippen molar-refractivity contribution in [3.63, 3.8) is 0 Å². The molecule has 0 saturated carbocycles. The Morgan fingerprint density at radius 3 is 2.42 bits per heavy atom. The third kappa shape index (κ3) is 13.8. The molecule has 7 nitrogen and oxygen atoms in total. The minimum absolute atomic E-state index is 0. The van der Waals surface area contributed by atoms with E-state index in [2.05, 4.69) is 10.0 Å². The van der Waals surface area contributed by atoms with Crippen LogP contribution < -0.4 is 15.8 Å². The summed E-state index contributed by atoms with van der Waals surface area (Å²) in [7, 11) is -3.47. The Morgan fingerprint density at radius 2 is 1.95 bits per heavy atom. The fourth-order valence-corrected chi connectivity index (χ4v) is 1.78. The molecule has 0 bridgehead atoms. The summed E-state index contributed by atoms with van der Waals surface area (Å²) in [6.45, 7) is 5.88. The third-order valence-corrected chi connectivity index (χ3v) is 3.18. The van der Waals surface area contributed by atoms with Crippen molar-refractivity contribution < 1.29 is 17.9 Å². The maximum Gasteiger partial charge on any atom is 0.235 e. The van der Waals surface area contributed by atoms with Gasteiger partial charge in [-0.2, -0.15) is 0 Å². The van der Waals surface area contributed by atoms with Crippen molar-refractivity contribution in [2.24, 2.45) is 5.73 Å². The van der Waals surface area contributed by atoms with Crippen LogP contribution in [0.1, 0.15) is 20.8 Å². The van der Waals surface area contributed by atoms with Gasteiger partial charge >= 0.3 is 0 Å². The zero-order valence-electron chi connectivity index (χ0n) is 11.6. The number of nitrogens with two attached hydrogens (primary N) is 1. The third-order valence-electron chi connectivity index (χ3n) is 1.89. The van der Waals surface area contributed by atoms with E-state index in [0.717, 1.165) is 0 Å². The standard InChI is InChI=1S/C10H23N3O4S.ClH/c1-4-17-5-6-18(15,16)13-7-9(14)12-8-10(2,3)11;/h13H,4-8,11H2,1-3H3,(H,12,14);1H. The average Bonchev–Trinajstić information content (AvgIpc) is 2.23. The zero-order chi connectivity index (χ0) is 14.2. The minimum atomic E-state index is -3.47. The molecule has 0 spiro atoms. The second kappa shape index (κ2) is 9.49. The highest BCUT2D eigenvalue weighted by atomic mass is 35.5. The summed E-state index contributed by atoms with van der Waals surface area (Å²) in [5, 5.41) is 2.54. The van der Waals surface area contributed by atoms with Crippen molar-refractivity contribution in [3.8, 4) is 0 Å². The summed E-state index contributed by atoms with van der Waals surface area (Å²) in [5.41, 5.74) is 5.15. The molecule has 0 saturated heterocycles. The first-order chi connectivity index (χ1) is 8.16. The van der Waals surface area contributed by atoms with Gasteiger partial charge in [0.25, 0.3) is 0 Å². The Hall–Kier alpha value is -0.410. The molecule has 9 heteroatoms. The minimum Gasteiger partial charge on any atom is -0.381 e. The average molecular weight is 318 g/mol. The summed E-state index contributed by atoms with van der Waals surface area (Å²) in [4.78, 5) is 11.3. The molecule has 19 heavy (non-hydrogen) atoms. The van der Waals surface area contributed by atoms with Gasteiger partial charge in [-0.25, -0.2) is 13.1 Å². The van der Waals surface area contributed by atoms with Crippen LogP contribution in [0.3, 0.4) is 0 Å². The van der Waals surface area contributed by atoms with E-state index in [9.17, 15) is 13.2 Å². The summed E-state index contributed by atoms with van der Waals surface area (Å²) in [6, 6.07) is 0. The lowest BCUT2D eigenvalue weighted by atomic mass is 10.1. The van der Waals surface area contributed by atoms with E-state index < -0.39 is 21.5 Å². The van der Waals surface area contributed by atoms with Gasteiger partial charge < -0.3 is 15.8 Å². The Morgan fingerprint density at radius 1 is 1.37 bits per heavy atom. The van der Waals surface area contributed by atoms with Gasteiger partial charge in [0.05, 0.1) is 18.9 Å². The summed E-state index contributed by atoms with van der Waals surface area (Å²) in [5.74, 6) is -0.565. The van der Waals surface area contributed by atoms with E-state index in [1.54, 1.807) is 20.8 Å². The molecule has 4 N–H and O–H groups in total. The molecule has 0 heterocycles. The highest BCUT2D eigenvalue weighted by Gasteiger charge is 2.15. The number of hydrogen-bond donors (Lipinski definition) is 3. The first kappa shape index (κ1) is 20.9. The maximum absolute atomic E-state index is 11.4. The number of hydrogen-bond acceptors (Lipinski definition) is 5. The topological polar surface area (TPSA) is 111 Å². The predicted octanol–water partition coefficient (Wildman–Crippen LogP) is -0.782. The number of ether oxygens (including phenoxy) is 1. The Kier molecular flexibility index (Phi) is 10.4. The molecule has 0 rings (SSSR count). The van der Waals surface area contributed by atoms with Crippen molar-refractivity contribution in [2.45, 2.75) is 26.3 Å². The summed E-state index contributed by atoms with van der Waals surface area (Å²) >= 11 is 0. The fourth-order valence-electron chi connectivity index (χ4n) is 0.950. The van der Waals surface area contributed by atoms with Crippen molar-refractivity contribution in [1.82, 2.24) is 10.0 Å². The molecule has 1 amide bonds. The van der Waals surface area contributed by atoms with Crippen molar-refractivity contribution in [2.75, 3.05) is 32.1 Å². The molecule has 0 aromatic carbocycles. The molecular weight excluding hydrogens is 294 g/mol. The molecular formula is C10H24ClN3O4S. The lowest BCUT2D eigenvalue weighted by molar-refractivity contribution is -0.120. The van der Waals surface area contributed by atoms with Crippen LogP contribution in [0.25, 0.3) is 0 Å². The van der Waals surface area contributed by atoms with Gasteiger partial charge in [0.1, 0.15) is 0 Å². The molecule has 0 aliphatic rings. The molecule has 0 aliphatic carbocycles. The van der Waals surface area contributed by atoms with Crippen LogP contribution in [-0.4, -0.2) is 51.9 Å². The largest absolute Gasteiger partial charge is 0.381 e. The highest BCUT2D eigenvalue weighted by molar-refractivity contribution is 7.89. The van der Waals surface area contributed by atoms with Gasteiger partial charge in [0.2, 0.25) is 15.9 Å². The van der Waals surface area contributed by atoms with Crippen molar-refractivity contribution in [3.05, 3.63) is 0 Å². The molecule has 0 aliphatic heterocycles. The first-order valence-corrected chi connectivity index (χ1v) is 7.42. The Labute approximate surface area is 121 Å². The monoisotopic (exact) mass is 317 g/mol. The van der Waals surface area contributed by atoms with Crippen LogP contribution in [0, 0.1) is 0 Å². The van der Waals surface area contributed by atoms with Gasteiger partial charge in [-0.1, -0.05) is 0 Å². The second-order valence-electron chi connectivity index (χ2n) is 4.60. The van der Waals surface area contributed by atoms with Gasteiger partial charge in [0, 0.05) is 18.7 Å². The number of sulfonamides is 1. The molecule has 0 aromatic rings. The van der Waals surface area contributed by atoms with Crippen molar-refractivity contribution >= 4 is 28.3 Å². The fraction of sp³-hybridized carbons (Fsp3) is 0.900. The molecule has 0 unspecified atom stereocenters. The van der Waals surface area contributed by atoms with Crippen LogP contribution in [-0.2, 0) is 19.6 Å². The molecule has 0 fully saturated rings. The van der Waals surface area contributed by atoms with Crippen LogP contribution in [0.15, 0.2) is 0 Å². The zero-order valence-corrected chi connectivity index (χ0v) is 13.2. The molecule has 0 aromatic heterocycles. The van der Waals surface area contributed by atoms with E-state index in [-0.39, 0.29) is 37.9 Å². The van der Waals surface area contributed by atoms with Crippen LogP contribution >= 0.6 is 12.4 Å². The van der Waals surface area contributed by atoms with Crippen LogP contribution in [0.5, 0.6) is 0 Å². The van der Waals surface area contributed by atoms with Crippen LogP contribution in [0.4, 0.5) is 0 Å². The second-order valence-corrected chi connectivity index (χ2v) is 6.53. The first-order valence-electron chi connectivity index (χ1n) is 5.77. The number of carbonyl (C=O) groups is 1. The SMILES string of the molecule is CCOCCS(=O)(=O)NCC(=O)NCC(C)(C)N.Cl. The number of halogens is 1. The number of rotatable bonds is 9. The quantitative estimate of drug-likeness (QED) is 0.483. The molecule has 0 radical (unpaired) electrons.